The van der Waals surface area contributed by atoms with Crippen molar-refractivity contribution in [2.45, 2.75) is 58.9 Å². The van der Waals surface area contributed by atoms with Gasteiger partial charge in [-0.25, -0.2) is 4.79 Å². The van der Waals surface area contributed by atoms with E-state index < -0.39 is 17.6 Å². The molecule has 2 aliphatic carbocycles. The smallest absolute Gasteiger partial charge is 0.354 e. The zero-order valence-corrected chi connectivity index (χ0v) is 12.5. The minimum Gasteiger partial charge on any atom is -0.477 e. The molecule has 0 radical (unpaired) electrons. The Morgan fingerprint density at radius 3 is 2.43 bits per heavy atom. The number of carboxylic acid groups (broad SMARTS) is 1. The quantitative estimate of drug-likeness (QED) is 0.924. The monoisotopic (exact) mass is 298 g/mol. The van der Waals surface area contributed by atoms with Crippen LogP contribution in [0.4, 0.5) is 8.78 Å². The fourth-order valence-electron chi connectivity index (χ4n) is 4.12. The molecule has 2 aliphatic rings. The predicted octanol–water partition coefficient (Wildman–Crippen LogP) is 3.58. The molecule has 0 unspecified atom stereocenters. The zero-order valence-electron chi connectivity index (χ0n) is 12.5. The van der Waals surface area contributed by atoms with Crippen LogP contribution in [-0.4, -0.2) is 20.9 Å². The van der Waals surface area contributed by atoms with E-state index in [1.807, 2.05) is 0 Å². The number of halogens is 2. The first kappa shape index (κ1) is 14.5. The Morgan fingerprint density at radius 1 is 1.43 bits per heavy atom. The van der Waals surface area contributed by atoms with Crippen LogP contribution in [0.5, 0.6) is 0 Å². The summed E-state index contributed by atoms with van der Waals surface area (Å²) >= 11 is 0. The number of aromatic carboxylic acids is 1. The van der Waals surface area contributed by atoms with Crippen LogP contribution in [0, 0.1) is 17.8 Å². The number of hydrogen-bond donors (Lipinski definition) is 1. The Kier molecular flexibility index (Phi) is 2.79. The van der Waals surface area contributed by atoms with Gasteiger partial charge in [0.15, 0.2) is 0 Å². The van der Waals surface area contributed by atoms with Gasteiger partial charge in [-0.2, -0.15) is 13.9 Å². The molecular weight excluding hydrogens is 278 g/mol. The van der Waals surface area contributed by atoms with Gasteiger partial charge in [0.05, 0.1) is 0 Å². The third kappa shape index (κ3) is 2.34. The van der Waals surface area contributed by atoms with E-state index in [1.54, 1.807) is 0 Å². The van der Waals surface area contributed by atoms with Crippen molar-refractivity contribution >= 4 is 5.97 Å². The average Bonchev–Trinajstić information content (AvgIpc) is 2.94. The molecule has 0 atom stereocenters. The molecule has 0 saturated heterocycles. The predicted molar refractivity (Wildman–Crippen MR) is 72.5 cm³/mol. The van der Waals surface area contributed by atoms with Crippen molar-refractivity contribution < 1.29 is 18.7 Å². The van der Waals surface area contributed by atoms with Gasteiger partial charge < -0.3 is 5.11 Å². The van der Waals surface area contributed by atoms with E-state index in [0.29, 0.717) is 12.0 Å². The summed E-state index contributed by atoms with van der Waals surface area (Å²) in [6.07, 6.45) is 4.56. The standard InChI is InChI=1S/C15H20F2N2O2/c1-9-10(12(20)21)19(18-11(9)14(3,16)17)8-13(2)6-15(7-13)4-5-15/h4-8H2,1-3H3,(H,20,21). The number of hydrogen-bond acceptors (Lipinski definition) is 2. The summed E-state index contributed by atoms with van der Waals surface area (Å²) in [6, 6.07) is 0. The van der Waals surface area contributed by atoms with E-state index in [-0.39, 0.29) is 16.7 Å². The lowest BCUT2D eigenvalue weighted by Gasteiger charge is -2.46. The minimum absolute atomic E-state index is 0.0283. The maximum Gasteiger partial charge on any atom is 0.354 e. The van der Waals surface area contributed by atoms with E-state index in [1.165, 1.54) is 24.4 Å². The molecule has 0 aliphatic heterocycles. The highest BCUT2D eigenvalue weighted by atomic mass is 19.3. The van der Waals surface area contributed by atoms with Crippen LogP contribution in [0.3, 0.4) is 0 Å². The van der Waals surface area contributed by atoms with Gasteiger partial charge in [-0.3, -0.25) is 4.68 Å². The Bertz CT molecular complexity index is 604. The van der Waals surface area contributed by atoms with E-state index in [9.17, 15) is 18.7 Å². The molecule has 0 bridgehead atoms. The number of rotatable bonds is 4. The SMILES string of the molecule is Cc1c(C(C)(F)F)nn(CC2(C)CC3(CC3)C2)c1C(=O)O. The van der Waals surface area contributed by atoms with Gasteiger partial charge in [-0.15, -0.1) is 0 Å². The maximum atomic E-state index is 13.6. The average molecular weight is 298 g/mol. The first-order valence-electron chi connectivity index (χ1n) is 7.24. The molecule has 2 fully saturated rings. The summed E-state index contributed by atoms with van der Waals surface area (Å²) in [7, 11) is 0. The van der Waals surface area contributed by atoms with Crippen molar-refractivity contribution in [3.05, 3.63) is 17.0 Å². The fraction of sp³-hybridized carbons (Fsp3) is 0.733. The van der Waals surface area contributed by atoms with Crippen LogP contribution in [-0.2, 0) is 12.5 Å². The molecule has 21 heavy (non-hydrogen) atoms. The second-order valence-corrected chi connectivity index (χ2v) is 7.34. The molecule has 0 aromatic carbocycles. The minimum atomic E-state index is -3.13. The summed E-state index contributed by atoms with van der Waals surface area (Å²) in [5.41, 5.74) is -0.0235. The Morgan fingerprint density at radius 2 is 2.00 bits per heavy atom. The molecule has 6 heteroatoms. The summed E-state index contributed by atoms with van der Waals surface area (Å²) in [6.45, 7) is 4.64. The van der Waals surface area contributed by atoms with Crippen LogP contribution in [0.15, 0.2) is 0 Å². The van der Waals surface area contributed by atoms with Crippen LogP contribution < -0.4 is 0 Å². The van der Waals surface area contributed by atoms with Gasteiger partial charge in [0.25, 0.3) is 5.92 Å². The molecule has 1 heterocycles. The van der Waals surface area contributed by atoms with Crippen molar-refractivity contribution in [2.24, 2.45) is 10.8 Å². The second kappa shape index (κ2) is 4.05. The number of carbonyl (C=O) groups is 1. The summed E-state index contributed by atoms with van der Waals surface area (Å²) in [5, 5.41) is 13.2. The molecule has 0 amide bonds. The number of carboxylic acids is 1. The number of nitrogens with zero attached hydrogens (tertiary/aromatic N) is 2. The number of aromatic nitrogens is 2. The second-order valence-electron chi connectivity index (χ2n) is 7.34. The third-order valence-corrected chi connectivity index (χ3v) is 4.90. The van der Waals surface area contributed by atoms with Crippen LogP contribution in [0.25, 0.3) is 0 Å². The molecule has 1 N–H and O–H groups in total. The highest BCUT2D eigenvalue weighted by Gasteiger charge is 2.58. The normalized spacial score (nSPS) is 22.1. The molecule has 1 aromatic rings. The highest BCUT2D eigenvalue weighted by Crippen LogP contribution is 2.68. The Balaban J connectivity index is 1.92. The van der Waals surface area contributed by atoms with Crippen LogP contribution in [0.2, 0.25) is 0 Å². The lowest BCUT2D eigenvalue weighted by atomic mass is 9.60. The zero-order chi connectivity index (χ0) is 15.6. The van der Waals surface area contributed by atoms with Gasteiger partial charge in [0.2, 0.25) is 0 Å². The molecule has 1 spiro atoms. The van der Waals surface area contributed by atoms with E-state index >= 15 is 0 Å². The summed E-state index contributed by atoms with van der Waals surface area (Å²) in [5.74, 6) is -4.32. The van der Waals surface area contributed by atoms with Gasteiger partial charge >= 0.3 is 5.97 Å². The molecule has 4 nitrogen and oxygen atoms in total. The number of alkyl halides is 2. The Hall–Kier alpha value is -1.46. The van der Waals surface area contributed by atoms with Gasteiger partial charge in [0.1, 0.15) is 11.4 Å². The van der Waals surface area contributed by atoms with Crippen molar-refractivity contribution in [1.82, 2.24) is 9.78 Å². The Labute approximate surface area is 122 Å². The highest BCUT2D eigenvalue weighted by molar-refractivity contribution is 5.87. The molecule has 2 saturated carbocycles. The summed E-state index contributed by atoms with van der Waals surface area (Å²) < 4.78 is 28.4. The van der Waals surface area contributed by atoms with E-state index in [4.69, 9.17) is 0 Å². The lowest BCUT2D eigenvalue weighted by Crippen LogP contribution is -2.40. The van der Waals surface area contributed by atoms with Gasteiger partial charge in [-0.1, -0.05) is 6.92 Å². The summed E-state index contributed by atoms with van der Waals surface area (Å²) in [4.78, 5) is 11.4. The molecule has 1 aromatic heterocycles. The molecule has 3 rings (SSSR count). The van der Waals surface area contributed by atoms with Crippen molar-refractivity contribution in [3.8, 4) is 0 Å². The maximum absolute atomic E-state index is 13.6. The van der Waals surface area contributed by atoms with Crippen molar-refractivity contribution in [1.29, 1.82) is 0 Å². The van der Waals surface area contributed by atoms with Gasteiger partial charge in [-0.05, 0) is 43.4 Å². The van der Waals surface area contributed by atoms with Gasteiger partial charge in [0, 0.05) is 19.0 Å². The molecule has 116 valence electrons. The first-order valence-corrected chi connectivity index (χ1v) is 7.24. The largest absolute Gasteiger partial charge is 0.477 e. The third-order valence-electron chi connectivity index (χ3n) is 4.90. The fourth-order valence-corrected chi connectivity index (χ4v) is 4.12. The van der Waals surface area contributed by atoms with E-state index in [2.05, 4.69) is 12.0 Å². The topological polar surface area (TPSA) is 55.1 Å². The lowest BCUT2D eigenvalue weighted by molar-refractivity contribution is 0.00826. The van der Waals surface area contributed by atoms with Crippen molar-refractivity contribution in [3.63, 3.8) is 0 Å². The first-order chi connectivity index (χ1) is 9.55. The van der Waals surface area contributed by atoms with Crippen molar-refractivity contribution in [2.75, 3.05) is 0 Å². The molecular formula is C15H20F2N2O2. The van der Waals surface area contributed by atoms with E-state index in [0.717, 1.165) is 19.8 Å². The van der Waals surface area contributed by atoms with Crippen LogP contribution in [0.1, 0.15) is 61.3 Å². The van der Waals surface area contributed by atoms with Crippen LogP contribution >= 0.6 is 0 Å².